The van der Waals surface area contributed by atoms with E-state index in [0.29, 0.717) is 22.0 Å². The highest BCUT2D eigenvalue weighted by atomic mass is 35.5. The molecule has 0 fully saturated rings. The average molecular weight is 272 g/mol. The molecule has 0 aromatic heterocycles. The molecule has 1 amide bonds. The smallest absolute Gasteiger partial charge is 0.259 e. The zero-order valence-electron chi connectivity index (χ0n) is 9.85. The van der Waals surface area contributed by atoms with Gasteiger partial charge in [-0.15, -0.1) is 0 Å². The highest BCUT2D eigenvalue weighted by Gasteiger charge is 2.13. The van der Waals surface area contributed by atoms with Crippen molar-refractivity contribution in [1.29, 1.82) is 5.26 Å². The van der Waals surface area contributed by atoms with E-state index in [1.807, 2.05) is 6.07 Å². The first kappa shape index (κ1) is 12.9. The van der Waals surface area contributed by atoms with E-state index < -0.39 is 0 Å². The van der Waals surface area contributed by atoms with Crippen LogP contribution in [0.4, 0.5) is 11.4 Å². The Morgan fingerprint density at radius 2 is 1.89 bits per heavy atom. The maximum absolute atomic E-state index is 12.1. The van der Waals surface area contributed by atoms with Gasteiger partial charge in [-0.05, 0) is 36.4 Å². The van der Waals surface area contributed by atoms with E-state index in [0.717, 1.165) is 0 Å². The van der Waals surface area contributed by atoms with Crippen molar-refractivity contribution in [1.82, 2.24) is 0 Å². The van der Waals surface area contributed by atoms with E-state index in [9.17, 15) is 4.79 Å². The first-order valence-corrected chi connectivity index (χ1v) is 5.85. The van der Waals surface area contributed by atoms with Crippen LogP contribution >= 0.6 is 11.6 Å². The van der Waals surface area contributed by atoms with Gasteiger partial charge in [0, 0.05) is 11.4 Å². The number of nitrogen functional groups attached to an aromatic ring is 1. The van der Waals surface area contributed by atoms with Crippen molar-refractivity contribution in [3.63, 3.8) is 0 Å². The molecule has 2 aromatic rings. The molecular formula is C14H10ClN3O. The Morgan fingerprint density at radius 3 is 2.47 bits per heavy atom. The summed E-state index contributed by atoms with van der Waals surface area (Å²) >= 11 is 5.95. The number of halogens is 1. The topological polar surface area (TPSA) is 78.9 Å². The minimum atomic E-state index is -0.382. The molecule has 0 atom stereocenters. The predicted molar refractivity (Wildman–Crippen MR) is 75.0 cm³/mol. The zero-order valence-corrected chi connectivity index (χ0v) is 10.6. The number of nitrogens with two attached hydrogens (primary N) is 1. The predicted octanol–water partition coefficient (Wildman–Crippen LogP) is 3.05. The van der Waals surface area contributed by atoms with Crippen molar-refractivity contribution in [2.24, 2.45) is 0 Å². The van der Waals surface area contributed by atoms with Crippen LogP contribution in [0.5, 0.6) is 0 Å². The van der Waals surface area contributed by atoms with Crippen LogP contribution < -0.4 is 11.1 Å². The van der Waals surface area contributed by atoms with Crippen LogP contribution in [0.25, 0.3) is 0 Å². The van der Waals surface area contributed by atoms with Gasteiger partial charge in [-0.3, -0.25) is 4.79 Å². The van der Waals surface area contributed by atoms with Gasteiger partial charge in [0.2, 0.25) is 0 Å². The number of nitrogens with one attached hydrogen (secondary N) is 1. The number of hydrogen-bond donors (Lipinski definition) is 2. The third kappa shape index (κ3) is 2.84. The molecule has 0 heterocycles. The Morgan fingerprint density at radius 1 is 1.21 bits per heavy atom. The Balaban J connectivity index is 2.23. The van der Waals surface area contributed by atoms with Crippen molar-refractivity contribution >= 4 is 28.9 Å². The molecule has 94 valence electrons. The number of amides is 1. The van der Waals surface area contributed by atoms with Crippen LogP contribution in [0.1, 0.15) is 15.9 Å². The van der Waals surface area contributed by atoms with Crippen LogP contribution in [0.2, 0.25) is 5.02 Å². The molecule has 2 rings (SSSR count). The summed E-state index contributed by atoms with van der Waals surface area (Å²) in [5, 5.41) is 11.7. The standard InChI is InChI=1S/C14H10ClN3O/c15-11-2-1-3-12(17)13(11)14(19)18-10-6-4-9(8-16)5-7-10/h1-7H,17H2,(H,18,19). The second kappa shape index (κ2) is 5.42. The second-order valence-electron chi connectivity index (χ2n) is 3.85. The number of rotatable bonds is 2. The van der Waals surface area contributed by atoms with E-state index in [1.54, 1.807) is 42.5 Å². The van der Waals surface area contributed by atoms with E-state index in [2.05, 4.69) is 5.32 Å². The molecule has 19 heavy (non-hydrogen) atoms. The molecule has 0 spiro atoms. The minimum Gasteiger partial charge on any atom is -0.398 e. The third-order valence-corrected chi connectivity index (χ3v) is 2.86. The SMILES string of the molecule is N#Cc1ccc(NC(=O)c2c(N)cccc2Cl)cc1. The number of hydrogen-bond acceptors (Lipinski definition) is 3. The Kier molecular flexibility index (Phi) is 3.69. The fourth-order valence-corrected chi connectivity index (χ4v) is 1.87. The highest BCUT2D eigenvalue weighted by molar-refractivity contribution is 6.35. The molecule has 0 bridgehead atoms. The van der Waals surface area contributed by atoms with Crippen LogP contribution in [-0.2, 0) is 0 Å². The summed E-state index contributed by atoms with van der Waals surface area (Å²) in [5.74, 6) is -0.382. The van der Waals surface area contributed by atoms with E-state index >= 15 is 0 Å². The Hall–Kier alpha value is -2.51. The summed E-state index contributed by atoms with van der Waals surface area (Å²) in [6.45, 7) is 0. The van der Waals surface area contributed by atoms with Gasteiger partial charge < -0.3 is 11.1 Å². The highest BCUT2D eigenvalue weighted by Crippen LogP contribution is 2.23. The molecular weight excluding hydrogens is 262 g/mol. The first-order valence-electron chi connectivity index (χ1n) is 5.47. The fraction of sp³-hybridized carbons (Fsp3) is 0. The number of carbonyl (C=O) groups excluding carboxylic acids is 1. The van der Waals surface area contributed by atoms with E-state index in [1.165, 1.54) is 0 Å². The molecule has 4 nitrogen and oxygen atoms in total. The summed E-state index contributed by atoms with van der Waals surface area (Å²) in [6.07, 6.45) is 0. The lowest BCUT2D eigenvalue weighted by Crippen LogP contribution is -2.14. The van der Waals surface area contributed by atoms with Gasteiger partial charge in [-0.25, -0.2) is 0 Å². The summed E-state index contributed by atoms with van der Waals surface area (Å²) < 4.78 is 0. The van der Waals surface area contributed by atoms with Gasteiger partial charge in [0.15, 0.2) is 0 Å². The Bertz CT molecular complexity index is 639. The Labute approximate surface area is 115 Å². The maximum Gasteiger partial charge on any atom is 0.259 e. The van der Waals surface area contributed by atoms with Gasteiger partial charge in [-0.2, -0.15) is 5.26 Å². The number of benzene rings is 2. The molecule has 3 N–H and O–H groups in total. The van der Waals surface area contributed by atoms with Crippen molar-refractivity contribution in [2.45, 2.75) is 0 Å². The summed E-state index contributed by atoms with van der Waals surface area (Å²) in [5.41, 5.74) is 7.39. The molecule has 0 unspecified atom stereocenters. The molecule has 0 saturated heterocycles. The van der Waals surface area contributed by atoms with Crippen molar-refractivity contribution in [3.8, 4) is 6.07 Å². The van der Waals surface area contributed by atoms with Crippen LogP contribution in [0.15, 0.2) is 42.5 Å². The van der Waals surface area contributed by atoms with Crippen molar-refractivity contribution < 1.29 is 4.79 Å². The van der Waals surface area contributed by atoms with Gasteiger partial charge in [-0.1, -0.05) is 17.7 Å². The molecule has 2 aromatic carbocycles. The zero-order chi connectivity index (χ0) is 13.8. The fourth-order valence-electron chi connectivity index (χ4n) is 1.60. The largest absolute Gasteiger partial charge is 0.398 e. The third-order valence-electron chi connectivity index (χ3n) is 2.54. The van der Waals surface area contributed by atoms with E-state index in [-0.39, 0.29) is 11.5 Å². The molecule has 0 aliphatic rings. The van der Waals surface area contributed by atoms with Gasteiger partial charge in [0.1, 0.15) is 0 Å². The first-order chi connectivity index (χ1) is 9.11. The normalized spacial score (nSPS) is 9.68. The number of nitrogens with zero attached hydrogens (tertiary/aromatic N) is 1. The van der Waals surface area contributed by atoms with E-state index in [4.69, 9.17) is 22.6 Å². The molecule has 0 aliphatic heterocycles. The maximum atomic E-state index is 12.1. The molecule has 5 heteroatoms. The van der Waals surface area contributed by atoms with Gasteiger partial charge >= 0.3 is 0 Å². The summed E-state index contributed by atoms with van der Waals surface area (Å²) in [7, 11) is 0. The van der Waals surface area contributed by atoms with Gasteiger partial charge in [0.05, 0.1) is 22.2 Å². The van der Waals surface area contributed by atoms with Crippen molar-refractivity contribution in [2.75, 3.05) is 11.1 Å². The van der Waals surface area contributed by atoms with Gasteiger partial charge in [0.25, 0.3) is 5.91 Å². The van der Waals surface area contributed by atoms with Crippen LogP contribution in [0.3, 0.4) is 0 Å². The lowest BCUT2D eigenvalue weighted by molar-refractivity contribution is 0.102. The number of anilines is 2. The lowest BCUT2D eigenvalue weighted by Gasteiger charge is -2.09. The monoisotopic (exact) mass is 271 g/mol. The minimum absolute atomic E-state index is 0.244. The number of carbonyl (C=O) groups is 1. The van der Waals surface area contributed by atoms with Crippen LogP contribution in [-0.4, -0.2) is 5.91 Å². The lowest BCUT2D eigenvalue weighted by atomic mass is 10.1. The average Bonchev–Trinajstić information content (AvgIpc) is 2.39. The molecule has 0 radical (unpaired) electrons. The summed E-state index contributed by atoms with van der Waals surface area (Å²) in [6, 6.07) is 13.4. The van der Waals surface area contributed by atoms with Crippen molar-refractivity contribution in [3.05, 3.63) is 58.6 Å². The second-order valence-corrected chi connectivity index (χ2v) is 4.25. The molecule has 0 saturated carbocycles. The molecule has 0 aliphatic carbocycles. The number of nitriles is 1. The van der Waals surface area contributed by atoms with Crippen LogP contribution in [0, 0.1) is 11.3 Å². The quantitative estimate of drug-likeness (QED) is 0.824. The summed E-state index contributed by atoms with van der Waals surface area (Å²) in [4.78, 5) is 12.1.